The van der Waals surface area contributed by atoms with Crippen LogP contribution >= 0.6 is 0 Å². The second kappa shape index (κ2) is 7.74. The molecular formula is C20H20N2O4. The monoisotopic (exact) mass is 352 g/mol. The number of rotatable bonds is 6. The summed E-state index contributed by atoms with van der Waals surface area (Å²) in [5, 5.41) is 0. The van der Waals surface area contributed by atoms with E-state index in [2.05, 4.69) is 4.98 Å². The normalized spacial score (nSPS) is 10.5. The minimum absolute atomic E-state index is 0.237. The van der Waals surface area contributed by atoms with Gasteiger partial charge in [0.15, 0.2) is 0 Å². The summed E-state index contributed by atoms with van der Waals surface area (Å²) in [4.78, 5) is 27.5. The average molecular weight is 352 g/mol. The van der Waals surface area contributed by atoms with Crippen molar-refractivity contribution in [1.82, 2.24) is 9.55 Å². The molecule has 26 heavy (non-hydrogen) atoms. The third kappa shape index (κ3) is 3.39. The van der Waals surface area contributed by atoms with Crippen LogP contribution in [-0.4, -0.2) is 34.7 Å². The number of esters is 2. The Hall–Kier alpha value is -3.28. The molecule has 0 bridgehead atoms. The fourth-order valence-corrected chi connectivity index (χ4v) is 2.76. The van der Waals surface area contributed by atoms with E-state index in [1.54, 1.807) is 13.8 Å². The van der Waals surface area contributed by atoms with Crippen LogP contribution in [0, 0.1) is 0 Å². The van der Waals surface area contributed by atoms with Crippen LogP contribution in [0.4, 0.5) is 0 Å². The molecule has 3 aromatic rings. The van der Waals surface area contributed by atoms with Gasteiger partial charge in [-0.25, -0.2) is 9.59 Å². The number of carbonyl (C=O) groups is 2. The fourth-order valence-electron chi connectivity index (χ4n) is 2.76. The summed E-state index contributed by atoms with van der Waals surface area (Å²) in [6.45, 7) is 3.97. The Bertz CT molecular complexity index is 874. The van der Waals surface area contributed by atoms with Crippen LogP contribution in [0.1, 0.15) is 34.7 Å². The number of benzene rings is 1. The van der Waals surface area contributed by atoms with Crippen molar-refractivity contribution >= 4 is 11.9 Å². The van der Waals surface area contributed by atoms with Crippen molar-refractivity contribution < 1.29 is 19.1 Å². The van der Waals surface area contributed by atoms with Crippen molar-refractivity contribution in [2.24, 2.45) is 0 Å². The van der Waals surface area contributed by atoms with Gasteiger partial charge < -0.3 is 19.0 Å². The van der Waals surface area contributed by atoms with Crippen molar-refractivity contribution in [3.63, 3.8) is 0 Å². The van der Waals surface area contributed by atoms with E-state index in [1.165, 1.54) is 6.20 Å². The van der Waals surface area contributed by atoms with Crippen LogP contribution in [0.25, 0.3) is 16.8 Å². The van der Waals surface area contributed by atoms with Gasteiger partial charge in [0.25, 0.3) is 0 Å². The third-order valence-electron chi connectivity index (χ3n) is 3.89. The molecule has 0 saturated carbocycles. The molecule has 134 valence electrons. The predicted octanol–water partition coefficient (Wildman–Crippen LogP) is 3.83. The molecule has 0 amide bonds. The van der Waals surface area contributed by atoms with Gasteiger partial charge in [0.1, 0.15) is 5.69 Å². The van der Waals surface area contributed by atoms with Crippen LogP contribution in [0.15, 0.2) is 55.0 Å². The van der Waals surface area contributed by atoms with Crippen LogP contribution < -0.4 is 0 Å². The number of ether oxygens (including phenoxy) is 2. The van der Waals surface area contributed by atoms with Gasteiger partial charge in [0.05, 0.1) is 18.8 Å². The van der Waals surface area contributed by atoms with E-state index in [1.807, 2.05) is 53.4 Å². The van der Waals surface area contributed by atoms with Crippen LogP contribution in [-0.2, 0) is 9.47 Å². The maximum Gasteiger partial charge on any atom is 0.355 e. The molecule has 0 aliphatic carbocycles. The van der Waals surface area contributed by atoms with Gasteiger partial charge in [-0.05, 0) is 32.0 Å². The quantitative estimate of drug-likeness (QED) is 0.684. The molecule has 0 atom stereocenters. The highest BCUT2D eigenvalue weighted by Gasteiger charge is 2.25. The molecule has 0 aliphatic rings. The first-order chi connectivity index (χ1) is 12.7. The Morgan fingerprint density at radius 3 is 2.38 bits per heavy atom. The van der Waals surface area contributed by atoms with Crippen molar-refractivity contribution in [3.05, 3.63) is 66.2 Å². The van der Waals surface area contributed by atoms with Gasteiger partial charge >= 0.3 is 11.9 Å². The number of hydrogen-bond donors (Lipinski definition) is 1. The first-order valence-electron chi connectivity index (χ1n) is 8.45. The number of aromatic nitrogens is 2. The standard InChI is InChI=1S/C20H20N2O4/c1-3-25-19(23)16-12-21-18(20(24)26-4-2)17(16)14-10-11-22(13-14)15-8-6-5-7-9-15/h5-13,21H,3-4H2,1-2H3. The highest BCUT2D eigenvalue weighted by molar-refractivity contribution is 6.05. The predicted molar refractivity (Wildman–Crippen MR) is 97.5 cm³/mol. The van der Waals surface area contributed by atoms with Gasteiger partial charge in [0, 0.05) is 35.4 Å². The zero-order valence-corrected chi connectivity index (χ0v) is 14.7. The van der Waals surface area contributed by atoms with Gasteiger partial charge in [-0.15, -0.1) is 0 Å². The van der Waals surface area contributed by atoms with E-state index in [-0.39, 0.29) is 18.9 Å². The summed E-state index contributed by atoms with van der Waals surface area (Å²) in [5.74, 6) is -0.993. The third-order valence-corrected chi connectivity index (χ3v) is 3.89. The van der Waals surface area contributed by atoms with Crippen molar-refractivity contribution in [2.45, 2.75) is 13.8 Å². The molecule has 0 spiro atoms. The second-order valence-electron chi connectivity index (χ2n) is 5.54. The second-order valence-corrected chi connectivity index (χ2v) is 5.54. The molecule has 0 radical (unpaired) electrons. The number of nitrogens with zero attached hydrogens (tertiary/aromatic N) is 1. The van der Waals surface area contributed by atoms with E-state index in [4.69, 9.17) is 9.47 Å². The summed E-state index contributed by atoms with van der Waals surface area (Å²) >= 11 is 0. The molecule has 0 fully saturated rings. The number of aromatic amines is 1. The number of para-hydroxylation sites is 1. The Kier molecular flexibility index (Phi) is 5.22. The minimum atomic E-state index is -0.509. The van der Waals surface area contributed by atoms with Gasteiger partial charge in [0.2, 0.25) is 0 Å². The number of carbonyl (C=O) groups excluding carboxylic acids is 2. The lowest BCUT2D eigenvalue weighted by Gasteiger charge is -2.06. The zero-order valence-electron chi connectivity index (χ0n) is 14.7. The number of nitrogens with one attached hydrogen (secondary N) is 1. The SMILES string of the molecule is CCOC(=O)c1c[nH]c(C(=O)OCC)c1-c1ccn(-c2ccccc2)c1. The smallest absolute Gasteiger partial charge is 0.355 e. The van der Waals surface area contributed by atoms with Crippen molar-refractivity contribution in [1.29, 1.82) is 0 Å². The van der Waals surface area contributed by atoms with Gasteiger partial charge in [-0.2, -0.15) is 0 Å². The van der Waals surface area contributed by atoms with Crippen molar-refractivity contribution in [3.8, 4) is 16.8 Å². The Morgan fingerprint density at radius 1 is 1.00 bits per heavy atom. The Morgan fingerprint density at radius 2 is 1.69 bits per heavy atom. The lowest BCUT2D eigenvalue weighted by atomic mass is 10.0. The summed E-state index contributed by atoms with van der Waals surface area (Å²) in [7, 11) is 0. The fraction of sp³-hybridized carbons (Fsp3) is 0.200. The molecule has 2 heterocycles. The molecule has 6 heteroatoms. The first-order valence-corrected chi connectivity index (χ1v) is 8.45. The summed E-state index contributed by atoms with van der Waals surface area (Å²) in [6, 6.07) is 11.6. The number of hydrogen-bond acceptors (Lipinski definition) is 4. The molecule has 2 aromatic heterocycles. The number of H-pyrrole nitrogens is 1. The molecule has 1 N–H and O–H groups in total. The topological polar surface area (TPSA) is 73.3 Å². The highest BCUT2D eigenvalue weighted by Crippen LogP contribution is 2.30. The van der Waals surface area contributed by atoms with Gasteiger partial charge in [-0.1, -0.05) is 18.2 Å². The van der Waals surface area contributed by atoms with E-state index < -0.39 is 11.9 Å². The summed E-state index contributed by atoms with van der Waals surface area (Å²) in [5.41, 5.74) is 2.73. The molecule has 0 saturated heterocycles. The maximum absolute atomic E-state index is 12.3. The maximum atomic E-state index is 12.3. The lowest BCUT2D eigenvalue weighted by Crippen LogP contribution is -2.08. The Labute approximate surface area is 151 Å². The van der Waals surface area contributed by atoms with Crippen LogP contribution in [0.2, 0.25) is 0 Å². The van der Waals surface area contributed by atoms with Crippen LogP contribution in [0.3, 0.4) is 0 Å². The molecule has 1 aromatic carbocycles. The van der Waals surface area contributed by atoms with E-state index in [9.17, 15) is 9.59 Å². The Balaban J connectivity index is 2.07. The average Bonchev–Trinajstić information content (AvgIpc) is 3.30. The van der Waals surface area contributed by atoms with E-state index in [0.29, 0.717) is 11.1 Å². The molecule has 0 aliphatic heterocycles. The van der Waals surface area contributed by atoms with Gasteiger partial charge in [-0.3, -0.25) is 0 Å². The first kappa shape index (κ1) is 17.5. The molecule has 3 rings (SSSR count). The minimum Gasteiger partial charge on any atom is -0.462 e. The summed E-state index contributed by atoms with van der Waals surface area (Å²) < 4.78 is 12.1. The zero-order chi connectivity index (χ0) is 18.5. The highest BCUT2D eigenvalue weighted by atomic mass is 16.5. The summed E-state index contributed by atoms with van der Waals surface area (Å²) in [6.07, 6.45) is 5.23. The molecule has 6 nitrogen and oxygen atoms in total. The lowest BCUT2D eigenvalue weighted by molar-refractivity contribution is 0.0519. The largest absolute Gasteiger partial charge is 0.462 e. The molecular weight excluding hydrogens is 332 g/mol. The molecule has 0 unspecified atom stereocenters. The van der Waals surface area contributed by atoms with Crippen LogP contribution in [0.5, 0.6) is 0 Å². The van der Waals surface area contributed by atoms with E-state index >= 15 is 0 Å². The van der Waals surface area contributed by atoms with Crippen molar-refractivity contribution in [2.75, 3.05) is 13.2 Å². The van der Waals surface area contributed by atoms with E-state index in [0.717, 1.165) is 11.3 Å².